The van der Waals surface area contributed by atoms with Crippen LogP contribution in [0, 0.1) is 5.92 Å². The van der Waals surface area contributed by atoms with E-state index in [0.29, 0.717) is 35.6 Å². The summed E-state index contributed by atoms with van der Waals surface area (Å²) < 4.78 is 11.1. The molecule has 25 heavy (non-hydrogen) atoms. The van der Waals surface area contributed by atoms with Gasteiger partial charge in [-0.05, 0) is 41.1 Å². The zero-order valence-electron chi connectivity index (χ0n) is 14.5. The Balaban J connectivity index is 2.03. The summed E-state index contributed by atoms with van der Waals surface area (Å²) in [6, 6.07) is 7.49. The molecule has 0 atom stereocenters. The number of carbonyl (C=O) groups is 1. The molecule has 0 aliphatic carbocycles. The summed E-state index contributed by atoms with van der Waals surface area (Å²) in [6.07, 6.45) is 3.18. The highest BCUT2D eigenvalue weighted by Gasteiger charge is 2.12. The summed E-state index contributed by atoms with van der Waals surface area (Å²) in [7, 11) is 1.56. The van der Waals surface area contributed by atoms with Crippen molar-refractivity contribution in [1.82, 2.24) is 5.32 Å². The van der Waals surface area contributed by atoms with Gasteiger partial charge in [0, 0.05) is 11.0 Å². The van der Waals surface area contributed by atoms with Crippen LogP contribution >= 0.6 is 22.9 Å². The molecule has 6 heteroatoms. The second kappa shape index (κ2) is 9.49. The summed E-state index contributed by atoms with van der Waals surface area (Å²) >= 11 is 7.91. The minimum atomic E-state index is -0.163. The third-order valence-electron chi connectivity index (χ3n) is 3.26. The van der Waals surface area contributed by atoms with Gasteiger partial charge in [0.05, 0.1) is 25.3 Å². The van der Waals surface area contributed by atoms with Crippen LogP contribution in [0.5, 0.6) is 11.5 Å². The number of nitrogens with one attached hydrogen (secondary N) is 1. The molecule has 1 amide bonds. The molecular formula is C19H22ClNO3S. The molecule has 1 aromatic heterocycles. The minimum absolute atomic E-state index is 0.163. The standard InChI is InChI=1S/C19H22ClNO3S/c1-13(2)12-24-19-16(20)9-14(10-17(19)23-3)6-7-18(22)21-11-15-5-4-8-25-15/h4-10,13H,11-12H2,1-3H3,(H,21,22)/b7-6+. The number of amides is 1. The topological polar surface area (TPSA) is 47.6 Å². The second-order valence-electron chi connectivity index (χ2n) is 5.87. The van der Waals surface area contributed by atoms with Crippen molar-refractivity contribution < 1.29 is 14.3 Å². The number of hydrogen-bond donors (Lipinski definition) is 1. The molecule has 0 radical (unpaired) electrons. The van der Waals surface area contributed by atoms with Crippen LogP contribution in [-0.2, 0) is 11.3 Å². The fourth-order valence-electron chi connectivity index (χ4n) is 2.04. The predicted molar refractivity (Wildman–Crippen MR) is 104 cm³/mol. The van der Waals surface area contributed by atoms with Crippen LogP contribution in [0.2, 0.25) is 5.02 Å². The summed E-state index contributed by atoms with van der Waals surface area (Å²) in [5.41, 5.74) is 0.769. The Bertz CT molecular complexity index is 727. The van der Waals surface area contributed by atoms with Gasteiger partial charge in [-0.15, -0.1) is 11.3 Å². The number of hydrogen-bond acceptors (Lipinski definition) is 4. The Morgan fingerprint density at radius 1 is 1.40 bits per heavy atom. The van der Waals surface area contributed by atoms with Crippen LogP contribution in [0.15, 0.2) is 35.7 Å². The van der Waals surface area contributed by atoms with Gasteiger partial charge in [-0.25, -0.2) is 0 Å². The molecular weight excluding hydrogens is 358 g/mol. The number of benzene rings is 1. The first-order chi connectivity index (χ1) is 12.0. The van der Waals surface area contributed by atoms with Gasteiger partial charge in [-0.2, -0.15) is 0 Å². The average molecular weight is 380 g/mol. The monoisotopic (exact) mass is 379 g/mol. The lowest BCUT2D eigenvalue weighted by Crippen LogP contribution is -2.19. The van der Waals surface area contributed by atoms with E-state index in [4.69, 9.17) is 21.1 Å². The van der Waals surface area contributed by atoms with E-state index < -0.39 is 0 Å². The highest BCUT2D eigenvalue weighted by atomic mass is 35.5. The van der Waals surface area contributed by atoms with E-state index in [2.05, 4.69) is 19.2 Å². The number of carbonyl (C=O) groups excluding carboxylic acids is 1. The Labute approximate surface area is 157 Å². The highest BCUT2D eigenvalue weighted by Crippen LogP contribution is 2.37. The van der Waals surface area contributed by atoms with E-state index in [1.54, 1.807) is 36.7 Å². The van der Waals surface area contributed by atoms with Crippen molar-refractivity contribution in [3.8, 4) is 11.5 Å². The molecule has 0 saturated carbocycles. The molecule has 2 aromatic rings. The second-order valence-corrected chi connectivity index (χ2v) is 7.31. The fourth-order valence-corrected chi connectivity index (χ4v) is 2.96. The SMILES string of the molecule is COc1cc(/C=C/C(=O)NCc2cccs2)cc(Cl)c1OCC(C)C. The summed E-state index contributed by atoms with van der Waals surface area (Å²) in [6.45, 7) is 5.20. The zero-order chi connectivity index (χ0) is 18.2. The predicted octanol–water partition coefficient (Wildman–Crippen LogP) is 4.77. The number of ether oxygens (including phenoxy) is 2. The molecule has 1 N–H and O–H groups in total. The van der Waals surface area contributed by atoms with E-state index in [1.165, 1.54) is 6.08 Å². The number of thiophene rings is 1. The molecule has 0 unspecified atom stereocenters. The van der Waals surface area contributed by atoms with Crippen LogP contribution in [0.25, 0.3) is 6.08 Å². The smallest absolute Gasteiger partial charge is 0.244 e. The van der Waals surface area contributed by atoms with Crippen molar-refractivity contribution in [2.24, 2.45) is 5.92 Å². The van der Waals surface area contributed by atoms with Crippen molar-refractivity contribution >= 4 is 34.9 Å². The number of halogens is 1. The Morgan fingerprint density at radius 3 is 2.84 bits per heavy atom. The molecule has 2 rings (SSSR count). The Kier molecular flexibility index (Phi) is 7.34. The van der Waals surface area contributed by atoms with Crippen molar-refractivity contribution in [2.75, 3.05) is 13.7 Å². The maximum absolute atomic E-state index is 11.9. The zero-order valence-corrected chi connectivity index (χ0v) is 16.1. The molecule has 1 aromatic carbocycles. The van der Waals surface area contributed by atoms with Gasteiger partial charge in [-0.3, -0.25) is 4.79 Å². The van der Waals surface area contributed by atoms with Crippen LogP contribution in [0.3, 0.4) is 0 Å². The molecule has 0 aliphatic rings. The third kappa shape index (κ3) is 6.11. The van der Waals surface area contributed by atoms with E-state index in [0.717, 1.165) is 10.4 Å². The van der Waals surface area contributed by atoms with Crippen molar-refractivity contribution in [2.45, 2.75) is 20.4 Å². The number of rotatable bonds is 8. The molecule has 0 bridgehead atoms. The first kappa shape index (κ1) is 19.3. The molecule has 0 spiro atoms. The maximum atomic E-state index is 11.9. The van der Waals surface area contributed by atoms with Crippen molar-refractivity contribution in [1.29, 1.82) is 0 Å². The lowest BCUT2D eigenvalue weighted by molar-refractivity contribution is -0.116. The summed E-state index contributed by atoms with van der Waals surface area (Å²) in [5.74, 6) is 1.29. The van der Waals surface area contributed by atoms with Gasteiger partial charge in [0.2, 0.25) is 5.91 Å². The van der Waals surface area contributed by atoms with Gasteiger partial charge >= 0.3 is 0 Å². The lowest BCUT2D eigenvalue weighted by atomic mass is 10.1. The van der Waals surface area contributed by atoms with Gasteiger partial charge in [0.1, 0.15) is 0 Å². The van der Waals surface area contributed by atoms with E-state index >= 15 is 0 Å². The molecule has 0 fully saturated rings. The van der Waals surface area contributed by atoms with E-state index in [9.17, 15) is 4.79 Å². The van der Waals surface area contributed by atoms with E-state index in [-0.39, 0.29) is 5.91 Å². The largest absolute Gasteiger partial charge is 0.493 e. The van der Waals surface area contributed by atoms with Crippen molar-refractivity contribution in [3.63, 3.8) is 0 Å². The Morgan fingerprint density at radius 2 is 2.20 bits per heavy atom. The van der Waals surface area contributed by atoms with Crippen LogP contribution in [-0.4, -0.2) is 19.6 Å². The molecule has 0 aliphatic heterocycles. The van der Waals surface area contributed by atoms with Gasteiger partial charge < -0.3 is 14.8 Å². The molecule has 0 saturated heterocycles. The maximum Gasteiger partial charge on any atom is 0.244 e. The average Bonchev–Trinajstić information content (AvgIpc) is 3.10. The first-order valence-electron chi connectivity index (χ1n) is 7.98. The van der Waals surface area contributed by atoms with Gasteiger partial charge in [0.15, 0.2) is 11.5 Å². The lowest BCUT2D eigenvalue weighted by Gasteiger charge is -2.14. The highest BCUT2D eigenvalue weighted by molar-refractivity contribution is 7.09. The third-order valence-corrected chi connectivity index (χ3v) is 4.41. The summed E-state index contributed by atoms with van der Waals surface area (Å²) in [4.78, 5) is 13.0. The van der Waals surface area contributed by atoms with Crippen molar-refractivity contribution in [3.05, 3.63) is 51.2 Å². The first-order valence-corrected chi connectivity index (χ1v) is 9.24. The molecule has 4 nitrogen and oxygen atoms in total. The normalized spacial score (nSPS) is 11.1. The minimum Gasteiger partial charge on any atom is -0.493 e. The number of methoxy groups -OCH3 is 1. The molecule has 1 heterocycles. The van der Waals surface area contributed by atoms with Crippen LogP contribution in [0.1, 0.15) is 24.3 Å². The summed E-state index contributed by atoms with van der Waals surface area (Å²) in [5, 5.41) is 5.28. The fraction of sp³-hybridized carbons (Fsp3) is 0.316. The quantitative estimate of drug-likeness (QED) is 0.672. The van der Waals surface area contributed by atoms with E-state index in [1.807, 2.05) is 17.5 Å². The van der Waals surface area contributed by atoms with Crippen LogP contribution < -0.4 is 14.8 Å². The Hall–Kier alpha value is -1.98. The van der Waals surface area contributed by atoms with Gasteiger partial charge in [-0.1, -0.05) is 31.5 Å². The van der Waals surface area contributed by atoms with Crippen LogP contribution in [0.4, 0.5) is 0 Å². The van der Waals surface area contributed by atoms with Gasteiger partial charge in [0.25, 0.3) is 0 Å². The molecule has 134 valence electrons.